The summed E-state index contributed by atoms with van der Waals surface area (Å²) in [6.45, 7) is 1.40. The Hall–Kier alpha value is -0.120. The molecule has 0 spiro atoms. The van der Waals surface area contributed by atoms with E-state index in [1.807, 2.05) is 0 Å². The van der Waals surface area contributed by atoms with Crippen LogP contribution in [0.5, 0.6) is 0 Å². The molecule has 1 heterocycles. The third kappa shape index (κ3) is 0.408. The van der Waals surface area contributed by atoms with Gasteiger partial charge in [0.05, 0.1) is 0 Å². The number of hydrogen-bond donors (Lipinski definition) is 2. The maximum absolute atomic E-state index is 8.43. The molecule has 1 fully saturated rings. The molecule has 2 unspecified atom stereocenters. The molecule has 0 saturated carbocycles. The average Bonchev–Trinajstić information content (AvgIpc) is 1.73. The molecule has 1 saturated heterocycles. The summed E-state index contributed by atoms with van der Waals surface area (Å²) in [5.74, 6) is -1.24. The van der Waals surface area contributed by atoms with Crippen LogP contribution in [0.25, 0.3) is 0 Å². The van der Waals surface area contributed by atoms with Crippen LogP contribution in [0.2, 0.25) is 0 Å². The highest BCUT2D eigenvalue weighted by atomic mass is 16.8. The summed E-state index contributed by atoms with van der Waals surface area (Å²) in [7, 11) is 0. The van der Waals surface area contributed by atoms with E-state index < -0.39 is 12.1 Å². The van der Waals surface area contributed by atoms with Crippen molar-refractivity contribution in [1.29, 1.82) is 0 Å². The maximum Gasteiger partial charge on any atom is 0.217 e. The Morgan fingerprint density at radius 1 is 1.83 bits per heavy atom. The third-order valence-electron chi connectivity index (χ3n) is 0.751. The predicted octanol–water partition coefficient (Wildman–Crippen LogP) is -0.957. The first kappa shape index (κ1) is 4.05. The Morgan fingerprint density at radius 2 is 2.00 bits per heavy atom. The average molecular weight is 90.1 g/mol. The summed E-state index contributed by atoms with van der Waals surface area (Å²) in [4.78, 5) is 0. The molecular weight excluding hydrogens is 84.0 g/mol. The highest BCUT2D eigenvalue weighted by Crippen LogP contribution is 2.29. The zero-order valence-corrected chi connectivity index (χ0v) is 3.38. The van der Waals surface area contributed by atoms with Gasteiger partial charge in [0, 0.05) is 0 Å². The minimum absolute atomic E-state index is 0.947. The van der Waals surface area contributed by atoms with Crippen molar-refractivity contribution >= 4 is 0 Å². The normalized spacial score (nSPS) is 55.5. The predicted molar refractivity (Wildman–Crippen MR) is 17.7 cm³/mol. The van der Waals surface area contributed by atoms with Gasteiger partial charge in [-0.2, -0.15) is 0 Å². The van der Waals surface area contributed by atoms with E-state index in [0.717, 1.165) is 0 Å². The Morgan fingerprint density at radius 3 is 2.00 bits per heavy atom. The van der Waals surface area contributed by atoms with Crippen LogP contribution in [-0.2, 0) is 4.74 Å². The fourth-order valence-corrected chi connectivity index (χ4v) is 0.192. The lowest BCUT2D eigenvalue weighted by Crippen LogP contribution is -2.05. The molecule has 0 amide bonds. The van der Waals surface area contributed by atoms with E-state index in [2.05, 4.69) is 4.74 Å². The Labute approximate surface area is 35.2 Å². The smallest absolute Gasteiger partial charge is 0.217 e. The van der Waals surface area contributed by atoms with Gasteiger partial charge in [-0.05, 0) is 6.92 Å². The Balaban J connectivity index is 2.41. The molecule has 0 radical (unpaired) electrons. The molecule has 36 valence electrons. The van der Waals surface area contributed by atoms with Crippen LogP contribution in [0.4, 0.5) is 0 Å². The van der Waals surface area contributed by atoms with Crippen LogP contribution in [0.1, 0.15) is 6.92 Å². The topological polar surface area (TPSA) is 53.0 Å². The van der Waals surface area contributed by atoms with Crippen molar-refractivity contribution in [2.24, 2.45) is 0 Å². The first-order valence-electron chi connectivity index (χ1n) is 1.71. The monoisotopic (exact) mass is 90.0 g/mol. The summed E-state index contributed by atoms with van der Waals surface area (Å²) in [6, 6.07) is 0. The summed E-state index contributed by atoms with van der Waals surface area (Å²) in [5.41, 5.74) is 0. The molecule has 1 aliphatic rings. The number of hydrogen-bond acceptors (Lipinski definition) is 3. The molecule has 3 heteroatoms. The number of epoxide rings is 1. The maximum atomic E-state index is 8.43. The van der Waals surface area contributed by atoms with Crippen molar-refractivity contribution in [3.8, 4) is 0 Å². The molecule has 0 aromatic rings. The number of aliphatic hydroxyl groups excluding tert-OH is 1. The van der Waals surface area contributed by atoms with Crippen LogP contribution in [0.3, 0.4) is 0 Å². The zero-order chi connectivity index (χ0) is 4.78. The second-order valence-electron chi connectivity index (χ2n) is 1.52. The Bertz CT molecular complexity index is 68.4. The molecule has 6 heavy (non-hydrogen) atoms. The van der Waals surface area contributed by atoms with Crippen molar-refractivity contribution in [2.45, 2.75) is 19.0 Å². The summed E-state index contributed by atoms with van der Waals surface area (Å²) >= 11 is 0. The minimum Gasteiger partial charge on any atom is -0.364 e. The summed E-state index contributed by atoms with van der Waals surface area (Å²) in [6.07, 6.45) is -0.947. The van der Waals surface area contributed by atoms with Crippen molar-refractivity contribution < 1.29 is 14.9 Å². The van der Waals surface area contributed by atoms with E-state index in [1.54, 1.807) is 0 Å². The molecule has 1 rings (SSSR count). The van der Waals surface area contributed by atoms with Gasteiger partial charge in [-0.3, -0.25) is 0 Å². The van der Waals surface area contributed by atoms with E-state index in [-0.39, 0.29) is 0 Å². The van der Waals surface area contributed by atoms with Crippen LogP contribution in [0.15, 0.2) is 0 Å². The molecular formula is C3H6O3. The lowest BCUT2D eigenvalue weighted by Gasteiger charge is -1.83. The number of ether oxygens (including phenoxy) is 1. The molecule has 0 aliphatic carbocycles. The first-order valence-corrected chi connectivity index (χ1v) is 1.71. The lowest BCUT2D eigenvalue weighted by molar-refractivity contribution is 0.0544. The molecule has 1 aliphatic heterocycles. The quantitative estimate of drug-likeness (QED) is 0.377. The van der Waals surface area contributed by atoms with Crippen molar-refractivity contribution in [3.63, 3.8) is 0 Å². The second-order valence-corrected chi connectivity index (χ2v) is 1.52. The van der Waals surface area contributed by atoms with Gasteiger partial charge in [0.2, 0.25) is 12.1 Å². The molecule has 0 aromatic heterocycles. The van der Waals surface area contributed by atoms with Crippen molar-refractivity contribution in [1.82, 2.24) is 0 Å². The second kappa shape index (κ2) is 0.753. The fraction of sp³-hybridized carbons (Fsp3) is 1.00. The standard InChI is InChI=1S/C3H6O3/c1-3(5)2(4)6-3/h2,4-5H,1H3. The van der Waals surface area contributed by atoms with E-state index >= 15 is 0 Å². The molecule has 2 N–H and O–H groups in total. The van der Waals surface area contributed by atoms with Crippen LogP contribution >= 0.6 is 0 Å². The van der Waals surface area contributed by atoms with E-state index in [9.17, 15) is 0 Å². The molecule has 0 bridgehead atoms. The first-order chi connectivity index (χ1) is 2.63. The van der Waals surface area contributed by atoms with Crippen LogP contribution in [-0.4, -0.2) is 22.3 Å². The SMILES string of the molecule is CC1(O)OC1O. The minimum atomic E-state index is -1.24. The van der Waals surface area contributed by atoms with Gasteiger partial charge in [0.15, 0.2) is 0 Å². The summed E-state index contributed by atoms with van der Waals surface area (Å²) < 4.78 is 4.22. The van der Waals surface area contributed by atoms with Gasteiger partial charge in [0.1, 0.15) is 0 Å². The van der Waals surface area contributed by atoms with Gasteiger partial charge >= 0.3 is 0 Å². The number of rotatable bonds is 0. The number of aliphatic hydroxyl groups is 2. The highest BCUT2D eigenvalue weighted by Gasteiger charge is 2.49. The van der Waals surface area contributed by atoms with E-state index in [0.29, 0.717) is 0 Å². The zero-order valence-electron chi connectivity index (χ0n) is 3.38. The van der Waals surface area contributed by atoms with E-state index in [1.165, 1.54) is 6.92 Å². The van der Waals surface area contributed by atoms with Gasteiger partial charge < -0.3 is 14.9 Å². The van der Waals surface area contributed by atoms with Crippen LogP contribution < -0.4 is 0 Å². The molecule has 3 nitrogen and oxygen atoms in total. The molecule has 2 atom stereocenters. The summed E-state index contributed by atoms with van der Waals surface area (Å²) in [5, 5.41) is 16.7. The van der Waals surface area contributed by atoms with Crippen LogP contribution in [0, 0.1) is 0 Å². The van der Waals surface area contributed by atoms with E-state index in [4.69, 9.17) is 10.2 Å². The van der Waals surface area contributed by atoms with Crippen molar-refractivity contribution in [2.75, 3.05) is 0 Å². The third-order valence-corrected chi connectivity index (χ3v) is 0.751. The highest BCUT2D eigenvalue weighted by molar-refractivity contribution is 4.77. The van der Waals surface area contributed by atoms with Crippen molar-refractivity contribution in [3.05, 3.63) is 0 Å². The lowest BCUT2D eigenvalue weighted by atomic mass is 10.5. The van der Waals surface area contributed by atoms with Gasteiger partial charge in [0.25, 0.3) is 0 Å². The van der Waals surface area contributed by atoms with Gasteiger partial charge in [-0.1, -0.05) is 0 Å². The fourth-order valence-electron chi connectivity index (χ4n) is 0.192. The Kier molecular flexibility index (Phi) is 0.508. The largest absolute Gasteiger partial charge is 0.364 e. The molecule has 0 aromatic carbocycles. The van der Waals surface area contributed by atoms with Gasteiger partial charge in [-0.25, -0.2) is 0 Å². The van der Waals surface area contributed by atoms with Gasteiger partial charge in [-0.15, -0.1) is 0 Å².